The SMILES string of the molecule is COc1ccc(Nc2cc(F)nc(F)c2)nc1C(=O)NCC(C)c1ccccc1. The van der Waals surface area contributed by atoms with Crippen LogP contribution in [0.4, 0.5) is 20.3 Å². The van der Waals surface area contributed by atoms with E-state index < -0.39 is 17.8 Å². The first-order valence-corrected chi connectivity index (χ1v) is 8.94. The van der Waals surface area contributed by atoms with Crippen molar-refractivity contribution in [1.82, 2.24) is 15.3 Å². The molecule has 8 heteroatoms. The van der Waals surface area contributed by atoms with Gasteiger partial charge in [-0.1, -0.05) is 37.3 Å². The Morgan fingerprint density at radius 2 is 1.76 bits per heavy atom. The van der Waals surface area contributed by atoms with Crippen LogP contribution in [0.3, 0.4) is 0 Å². The molecule has 0 saturated heterocycles. The van der Waals surface area contributed by atoms with Gasteiger partial charge in [-0.05, 0) is 23.6 Å². The molecule has 2 heterocycles. The summed E-state index contributed by atoms with van der Waals surface area (Å²) < 4.78 is 31.8. The third kappa shape index (κ3) is 5.25. The molecule has 0 fully saturated rings. The monoisotopic (exact) mass is 398 g/mol. The van der Waals surface area contributed by atoms with Gasteiger partial charge in [0.05, 0.1) is 7.11 Å². The molecule has 2 N–H and O–H groups in total. The van der Waals surface area contributed by atoms with Crippen LogP contribution < -0.4 is 15.4 Å². The Kier molecular flexibility index (Phi) is 6.33. The normalized spacial score (nSPS) is 11.6. The number of nitrogens with zero attached hydrogens (tertiary/aromatic N) is 2. The minimum absolute atomic E-state index is 0.0627. The number of carbonyl (C=O) groups excluding carboxylic acids is 1. The topological polar surface area (TPSA) is 76.1 Å². The standard InChI is InChI=1S/C21H20F2N4O2/c1-13(14-6-4-3-5-7-14)12-24-21(28)20-16(29-2)8-9-19(27-20)25-15-10-17(22)26-18(23)11-15/h3-11,13H,12H2,1-2H3,(H,24,28)(H,25,26,27). The van der Waals surface area contributed by atoms with Crippen molar-refractivity contribution in [2.45, 2.75) is 12.8 Å². The van der Waals surface area contributed by atoms with Crippen LogP contribution in [0.25, 0.3) is 0 Å². The molecule has 0 aliphatic rings. The van der Waals surface area contributed by atoms with Gasteiger partial charge in [0.15, 0.2) is 5.69 Å². The number of rotatable bonds is 7. The van der Waals surface area contributed by atoms with Crippen LogP contribution in [0.15, 0.2) is 54.6 Å². The van der Waals surface area contributed by atoms with Crippen LogP contribution in [0, 0.1) is 11.9 Å². The first-order chi connectivity index (χ1) is 14.0. The predicted octanol–water partition coefficient (Wildman–Crippen LogP) is 4.04. The van der Waals surface area contributed by atoms with Crippen molar-refractivity contribution < 1.29 is 18.3 Å². The molecule has 0 aliphatic carbocycles. The van der Waals surface area contributed by atoms with Gasteiger partial charge in [0.1, 0.15) is 11.6 Å². The van der Waals surface area contributed by atoms with Gasteiger partial charge in [-0.3, -0.25) is 4.79 Å². The maximum Gasteiger partial charge on any atom is 0.273 e. The zero-order valence-corrected chi connectivity index (χ0v) is 15.9. The molecule has 0 radical (unpaired) electrons. The maximum atomic E-state index is 13.3. The van der Waals surface area contributed by atoms with Crippen molar-refractivity contribution in [1.29, 1.82) is 0 Å². The van der Waals surface area contributed by atoms with Gasteiger partial charge >= 0.3 is 0 Å². The molecule has 1 atom stereocenters. The van der Waals surface area contributed by atoms with Crippen molar-refractivity contribution in [2.75, 3.05) is 19.0 Å². The smallest absolute Gasteiger partial charge is 0.273 e. The van der Waals surface area contributed by atoms with E-state index in [0.29, 0.717) is 6.54 Å². The lowest BCUT2D eigenvalue weighted by Crippen LogP contribution is -2.28. The summed E-state index contributed by atoms with van der Waals surface area (Å²) >= 11 is 0. The number of halogens is 2. The van der Waals surface area contributed by atoms with Crippen LogP contribution in [0.1, 0.15) is 28.9 Å². The van der Waals surface area contributed by atoms with Crippen LogP contribution in [-0.4, -0.2) is 29.5 Å². The summed E-state index contributed by atoms with van der Waals surface area (Å²) in [7, 11) is 1.43. The van der Waals surface area contributed by atoms with E-state index in [1.54, 1.807) is 12.1 Å². The molecule has 1 amide bonds. The fourth-order valence-electron chi connectivity index (χ4n) is 2.76. The largest absolute Gasteiger partial charge is 0.494 e. The van der Waals surface area contributed by atoms with Gasteiger partial charge in [-0.25, -0.2) is 4.98 Å². The molecule has 29 heavy (non-hydrogen) atoms. The summed E-state index contributed by atoms with van der Waals surface area (Å²) in [5.41, 5.74) is 1.29. The van der Waals surface area contributed by atoms with Crippen LogP contribution in [0.2, 0.25) is 0 Å². The Labute approximate surface area is 167 Å². The van der Waals surface area contributed by atoms with Gasteiger partial charge in [-0.2, -0.15) is 13.8 Å². The number of anilines is 2. The molecule has 1 unspecified atom stereocenters. The molecule has 0 saturated carbocycles. The lowest BCUT2D eigenvalue weighted by molar-refractivity contribution is 0.0943. The number of amides is 1. The third-order valence-corrected chi connectivity index (χ3v) is 4.27. The van der Waals surface area contributed by atoms with Crippen LogP contribution in [0.5, 0.6) is 5.75 Å². The Bertz CT molecular complexity index is 979. The molecule has 150 valence electrons. The fourth-order valence-corrected chi connectivity index (χ4v) is 2.76. The van der Waals surface area contributed by atoms with Gasteiger partial charge in [0.2, 0.25) is 11.9 Å². The molecular formula is C21H20F2N4O2. The van der Waals surface area contributed by atoms with Gasteiger partial charge in [-0.15, -0.1) is 0 Å². The number of hydrogen-bond donors (Lipinski definition) is 2. The molecule has 3 rings (SSSR count). The molecule has 1 aromatic carbocycles. The van der Waals surface area contributed by atoms with Crippen LogP contribution >= 0.6 is 0 Å². The number of pyridine rings is 2. The summed E-state index contributed by atoms with van der Waals surface area (Å²) in [4.78, 5) is 19.9. The second-order valence-corrected chi connectivity index (χ2v) is 6.40. The Morgan fingerprint density at radius 1 is 1.07 bits per heavy atom. The zero-order valence-electron chi connectivity index (χ0n) is 15.9. The summed E-state index contributed by atoms with van der Waals surface area (Å²) in [5.74, 6) is -1.72. The summed E-state index contributed by atoms with van der Waals surface area (Å²) in [6, 6.07) is 14.9. The highest BCUT2D eigenvalue weighted by atomic mass is 19.1. The van der Waals surface area contributed by atoms with Gasteiger partial charge in [0, 0.05) is 24.4 Å². The molecule has 6 nitrogen and oxygen atoms in total. The van der Waals surface area contributed by atoms with Gasteiger partial charge in [0.25, 0.3) is 5.91 Å². The fraction of sp³-hybridized carbons (Fsp3) is 0.190. The van der Waals surface area contributed by atoms with Crippen molar-refractivity contribution >= 4 is 17.4 Å². The molecular weight excluding hydrogens is 378 g/mol. The summed E-state index contributed by atoms with van der Waals surface area (Å²) in [5, 5.41) is 5.60. The highest BCUT2D eigenvalue weighted by molar-refractivity contribution is 5.95. The number of methoxy groups -OCH3 is 1. The number of hydrogen-bond acceptors (Lipinski definition) is 5. The van der Waals surface area contributed by atoms with Crippen molar-refractivity contribution in [3.8, 4) is 5.75 Å². The van der Waals surface area contributed by atoms with E-state index in [1.807, 2.05) is 37.3 Å². The zero-order chi connectivity index (χ0) is 20.8. The lowest BCUT2D eigenvalue weighted by Gasteiger charge is -2.15. The van der Waals surface area contributed by atoms with E-state index in [0.717, 1.165) is 17.7 Å². The van der Waals surface area contributed by atoms with E-state index in [-0.39, 0.29) is 28.9 Å². The highest BCUT2D eigenvalue weighted by Gasteiger charge is 2.17. The molecule has 0 bridgehead atoms. The average Bonchev–Trinajstić information content (AvgIpc) is 2.71. The van der Waals surface area contributed by atoms with E-state index in [1.165, 1.54) is 7.11 Å². The molecule has 0 spiro atoms. The minimum atomic E-state index is -0.964. The van der Waals surface area contributed by atoms with Crippen molar-refractivity contribution in [3.05, 3.63) is 77.8 Å². The average molecular weight is 398 g/mol. The second-order valence-electron chi connectivity index (χ2n) is 6.40. The van der Waals surface area contributed by atoms with E-state index >= 15 is 0 Å². The quantitative estimate of drug-likeness (QED) is 0.588. The Morgan fingerprint density at radius 3 is 2.41 bits per heavy atom. The van der Waals surface area contributed by atoms with Crippen molar-refractivity contribution in [3.63, 3.8) is 0 Å². The Hall–Kier alpha value is -3.55. The van der Waals surface area contributed by atoms with E-state index in [2.05, 4.69) is 20.6 Å². The lowest BCUT2D eigenvalue weighted by atomic mass is 10.0. The van der Waals surface area contributed by atoms with E-state index in [9.17, 15) is 13.6 Å². The minimum Gasteiger partial charge on any atom is -0.494 e. The second kappa shape index (κ2) is 9.09. The first-order valence-electron chi connectivity index (χ1n) is 8.94. The number of aromatic nitrogens is 2. The number of nitrogens with one attached hydrogen (secondary N) is 2. The Balaban J connectivity index is 1.75. The van der Waals surface area contributed by atoms with Crippen molar-refractivity contribution in [2.24, 2.45) is 0 Å². The van der Waals surface area contributed by atoms with E-state index in [4.69, 9.17) is 4.74 Å². The van der Waals surface area contributed by atoms with Gasteiger partial charge < -0.3 is 15.4 Å². The molecule has 2 aromatic heterocycles. The molecule has 3 aromatic rings. The summed E-state index contributed by atoms with van der Waals surface area (Å²) in [6.45, 7) is 2.41. The first kappa shape index (κ1) is 20.2. The maximum absolute atomic E-state index is 13.3. The third-order valence-electron chi connectivity index (χ3n) is 4.27. The molecule has 0 aliphatic heterocycles. The number of ether oxygens (including phenoxy) is 1. The number of carbonyl (C=O) groups is 1. The highest BCUT2D eigenvalue weighted by Crippen LogP contribution is 2.22. The number of benzene rings is 1. The summed E-state index contributed by atoms with van der Waals surface area (Å²) in [6.07, 6.45) is 0. The predicted molar refractivity (Wildman–Crippen MR) is 105 cm³/mol. The van der Waals surface area contributed by atoms with Crippen LogP contribution in [-0.2, 0) is 0 Å².